The third-order valence-electron chi connectivity index (χ3n) is 6.44. The number of rotatable bonds is 6. The molecule has 0 saturated heterocycles. The number of aliphatic imine (C=N–C) groups is 1. The van der Waals surface area contributed by atoms with Gasteiger partial charge in [-0.2, -0.15) is 0 Å². The Balaban J connectivity index is 1.89. The fourth-order valence-electron chi connectivity index (χ4n) is 5.14. The highest BCUT2D eigenvalue weighted by atomic mass is 32.2. The molecule has 1 unspecified atom stereocenters. The van der Waals surface area contributed by atoms with E-state index in [9.17, 15) is 9.90 Å². The van der Waals surface area contributed by atoms with Crippen molar-refractivity contribution in [2.24, 2.45) is 16.5 Å². The first-order valence-electron chi connectivity index (χ1n) is 11.1. The van der Waals surface area contributed by atoms with E-state index in [0.29, 0.717) is 24.9 Å². The number of benzene rings is 1. The monoisotopic (exact) mass is 478 g/mol. The minimum atomic E-state index is -0.0724. The summed E-state index contributed by atoms with van der Waals surface area (Å²) in [5.74, 6) is 0.206. The summed E-state index contributed by atoms with van der Waals surface area (Å²) < 4.78 is 1.75. The van der Waals surface area contributed by atoms with Crippen LogP contribution in [0.4, 0.5) is 0 Å². The molecule has 10 heteroatoms. The summed E-state index contributed by atoms with van der Waals surface area (Å²) in [5, 5.41) is 13.0. The molecular formula is C24H28N7O2S+. The van der Waals surface area contributed by atoms with Crippen LogP contribution in [0, 0.1) is 0 Å². The van der Waals surface area contributed by atoms with E-state index in [1.165, 1.54) is 9.93 Å². The van der Waals surface area contributed by atoms with Gasteiger partial charge in [-0.3, -0.25) is 24.1 Å². The molecule has 1 aromatic carbocycles. The molecule has 1 aliphatic rings. The van der Waals surface area contributed by atoms with Gasteiger partial charge in [0.15, 0.2) is 17.7 Å². The van der Waals surface area contributed by atoms with Crippen molar-refractivity contribution in [1.29, 1.82) is 0 Å². The lowest BCUT2D eigenvalue weighted by Gasteiger charge is -2.18. The fourth-order valence-corrected chi connectivity index (χ4v) is 6.00. The van der Waals surface area contributed by atoms with Gasteiger partial charge >= 0.3 is 0 Å². The third kappa shape index (κ3) is 3.33. The number of guanidine groups is 1. The number of aromatic nitrogens is 2. The summed E-state index contributed by atoms with van der Waals surface area (Å²) in [6, 6.07) is 7.02. The Labute approximate surface area is 200 Å². The van der Waals surface area contributed by atoms with Gasteiger partial charge in [-0.25, -0.2) is 0 Å². The van der Waals surface area contributed by atoms with Crippen molar-refractivity contribution in [1.82, 2.24) is 14.3 Å². The first-order chi connectivity index (χ1) is 16.3. The zero-order valence-corrected chi connectivity index (χ0v) is 20.2. The third-order valence-corrected chi connectivity index (χ3v) is 7.39. The second kappa shape index (κ2) is 8.37. The Morgan fingerprint density at radius 3 is 2.82 bits per heavy atom. The lowest BCUT2D eigenvalue weighted by Crippen LogP contribution is -3.06. The van der Waals surface area contributed by atoms with E-state index in [4.69, 9.17) is 16.5 Å². The van der Waals surface area contributed by atoms with Gasteiger partial charge in [0.25, 0.3) is 5.56 Å². The molecule has 9 nitrogen and oxygen atoms in total. The minimum absolute atomic E-state index is 0.0437. The number of nitrogens with two attached hydrogens (primary N) is 2. The van der Waals surface area contributed by atoms with Crippen LogP contribution in [-0.2, 0) is 6.42 Å². The molecule has 4 aromatic rings. The lowest BCUT2D eigenvalue weighted by molar-refractivity contribution is -0.831. The number of phenolic OH excluding ortho intramolecular Hbond substituents is 1. The summed E-state index contributed by atoms with van der Waals surface area (Å²) in [4.78, 5) is 26.5. The van der Waals surface area contributed by atoms with Gasteiger partial charge in [0.2, 0.25) is 0 Å². The molecule has 0 amide bonds. The average molecular weight is 479 g/mol. The predicted octanol–water partition coefficient (Wildman–Crippen LogP) is 0.757. The minimum Gasteiger partial charge on any atom is -0.508 e. The highest BCUT2D eigenvalue weighted by Crippen LogP contribution is 2.38. The van der Waals surface area contributed by atoms with Crippen molar-refractivity contribution in [3.63, 3.8) is 0 Å². The van der Waals surface area contributed by atoms with Crippen molar-refractivity contribution in [3.05, 3.63) is 57.0 Å². The maximum absolute atomic E-state index is 14.1. The predicted molar refractivity (Wildman–Crippen MR) is 138 cm³/mol. The number of nitrogens with one attached hydrogen (secondary N) is 1. The van der Waals surface area contributed by atoms with Crippen LogP contribution in [0.3, 0.4) is 0 Å². The molecule has 0 bridgehead atoms. The molecule has 5 rings (SSSR count). The molecule has 4 heterocycles. The molecule has 0 aliphatic carbocycles. The Bertz CT molecular complexity index is 1540. The van der Waals surface area contributed by atoms with Crippen molar-refractivity contribution in [3.8, 4) is 5.75 Å². The van der Waals surface area contributed by atoms with Crippen molar-refractivity contribution in [2.75, 3.05) is 33.6 Å². The number of hydrogen-bond acceptors (Lipinski definition) is 6. The van der Waals surface area contributed by atoms with Gasteiger partial charge in [-0.1, -0.05) is 11.8 Å². The smallest absolute Gasteiger partial charge is 0.259 e. The molecule has 34 heavy (non-hydrogen) atoms. The van der Waals surface area contributed by atoms with E-state index in [1.54, 1.807) is 40.6 Å². The number of aromatic hydroxyl groups is 1. The Morgan fingerprint density at radius 2 is 2.09 bits per heavy atom. The van der Waals surface area contributed by atoms with Crippen molar-refractivity contribution in [2.45, 2.75) is 12.8 Å². The molecule has 0 saturated carbocycles. The van der Waals surface area contributed by atoms with Crippen LogP contribution in [0.25, 0.3) is 33.0 Å². The normalized spacial score (nSPS) is 16.4. The Kier molecular flexibility index (Phi) is 5.49. The van der Waals surface area contributed by atoms with Gasteiger partial charge in [0.05, 0.1) is 23.6 Å². The average Bonchev–Trinajstić information content (AvgIpc) is 3.27. The molecule has 3 aromatic heterocycles. The second-order valence-electron chi connectivity index (χ2n) is 8.68. The van der Waals surface area contributed by atoms with Gasteiger partial charge in [0.1, 0.15) is 11.4 Å². The highest BCUT2D eigenvalue weighted by molar-refractivity contribution is 8.02. The Morgan fingerprint density at radius 1 is 1.29 bits per heavy atom. The maximum atomic E-state index is 14.1. The Hall–Kier alpha value is -3.50. The van der Waals surface area contributed by atoms with Crippen LogP contribution < -0.4 is 21.9 Å². The number of fused-ring (bicyclic) bond motifs is 3. The van der Waals surface area contributed by atoms with E-state index < -0.39 is 0 Å². The summed E-state index contributed by atoms with van der Waals surface area (Å²) >= 11 is 1.69. The maximum Gasteiger partial charge on any atom is 0.259 e. The highest BCUT2D eigenvalue weighted by Gasteiger charge is 2.34. The second-order valence-corrected chi connectivity index (χ2v) is 9.50. The van der Waals surface area contributed by atoms with E-state index in [-0.39, 0.29) is 17.3 Å². The van der Waals surface area contributed by atoms with Crippen LogP contribution in [0.15, 0.2) is 45.3 Å². The molecular weight excluding hydrogens is 450 g/mol. The summed E-state index contributed by atoms with van der Waals surface area (Å²) in [6.07, 6.45) is 4.99. The van der Waals surface area contributed by atoms with Crippen LogP contribution in [0.1, 0.15) is 17.5 Å². The number of nitrogens with zero attached hydrogens (tertiary/aromatic N) is 4. The summed E-state index contributed by atoms with van der Waals surface area (Å²) in [5.41, 5.74) is 15.9. The number of thioether (sulfide) groups is 1. The quantitative estimate of drug-likeness (QED) is 0.183. The molecule has 6 N–H and O–H groups in total. The molecule has 1 atom stereocenters. The zero-order chi connectivity index (χ0) is 24.1. The van der Waals surface area contributed by atoms with E-state index in [1.807, 2.05) is 6.07 Å². The van der Waals surface area contributed by atoms with Gasteiger partial charge in [0, 0.05) is 41.7 Å². The van der Waals surface area contributed by atoms with Gasteiger partial charge in [-0.05, 0) is 43.4 Å². The summed E-state index contributed by atoms with van der Waals surface area (Å²) in [6.45, 7) is 1.24. The van der Waals surface area contributed by atoms with Crippen LogP contribution in [0.5, 0.6) is 5.75 Å². The van der Waals surface area contributed by atoms with E-state index in [2.05, 4.69) is 30.2 Å². The van der Waals surface area contributed by atoms with Crippen LogP contribution >= 0.6 is 11.8 Å². The topological polar surface area (TPSA) is 127 Å². The van der Waals surface area contributed by atoms with E-state index >= 15 is 0 Å². The first kappa shape index (κ1) is 22.3. The number of quaternary nitrogens is 1. The van der Waals surface area contributed by atoms with Gasteiger partial charge in [-0.15, -0.1) is 0 Å². The zero-order valence-electron chi connectivity index (χ0n) is 19.4. The SMILES string of the molecule is CSC1=C(c2c(CCCN=C(N)N)c(=O)n3c4ccc(O)cc4c4ccnc2c43)N(C)C[NH+]1C. The molecule has 176 valence electrons. The van der Waals surface area contributed by atoms with Crippen LogP contribution in [0.2, 0.25) is 0 Å². The summed E-state index contributed by atoms with van der Waals surface area (Å²) in [7, 11) is 4.19. The standard InChI is InChI=1S/C24H27N7O2S/c1-29-12-30(2)23(34-3)21(29)18-15(5-4-9-28-24(25)26)22(33)31-17-7-6-13(32)11-16(17)14-8-10-27-19(18)20(14)31/h6-8,10-11,32H,4-5,9,12H2,1-3H3,(H4,25,26,28)/p+1. The van der Waals surface area contributed by atoms with Gasteiger partial charge < -0.3 is 21.5 Å². The van der Waals surface area contributed by atoms with Crippen molar-refractivity contribution < 1.29 is 10.0 Å². The molecule has 0 fully saturated rings. The molecule has 1 aliphatic heterocycles. The van der Waals surface area contributed by atoms with Crippen molar-refractivity contribution >= 4 is 50.7 Å². The number of hydrogen-bond donors (Lipinski definition) is 4. The number of phenols is 1. The largest absolute Gasteiger partial charge is 0.508 e. The molecule has 0 spiro atoms. The van der Waals surface area contributed by atoms with E-state index in [0.717, 1.165) is 45.3 Å². The number of pyridine rings is 2. The fraction of sp³-hybridized carbons (Fsp3) is 0.292. The lowest BCUT2D eigenvalue weighted by atomic mass is 9.99. The van der Waals surface area contributed by atoms with Crippen LogP contribution in [-0.4, -0.2) is 58.9 Å². The molecule has 0 radical (unpaired) electrons. The first-order valence-corrected chi connectivity index (χ1v) is 12.3.